The fourth-order valence-corrected chi connectivity index (χ4v) is 3.04. The zero-order valence-corrected chi connectivity index (χ0v) is 17.9. The topological polar surface area (TPSA) is 92.5 Å². The number of aromatic amines is 1. The number of para-hydroxylation sites is 1. The van der Waals surface area contributed by atoms with Crippen LogP contribution in [0.1, 0.15) is 39.7 Å². The van der Waals surface area contributed by atoms with E-state index in [1.807, 2.05) is 57.2 Å². The molecule has 0 spiro atoms. The highest BCUT2D eigenvalue weighted by atomic mass is 16.6. The first-order chi connectivity index (χ1) is 14.2. The van der Waals surface area contributed by atoms with Gasteiger partial charge in [-0.05, 0) is 29.2 Å². The van der Waals surface area contributed by atoms with Crippen molar-refractivity contribution in [2.75, 3.05) is 17.7 Å². The Labute approximate surface area is 175 Å². The Morgan fingerprint density at radius 3 is 2.30 bits per heavy atom. The van der Waals surface area contributed by atoms with Gasteiger partial charge in [0, 0.05) is 23.4 Å². The molecule has 0 bridgehead atoms. The molecule has 0 saturated carbocycles. The molecule has 7 heteroatoms. The van der Waals surface area contributed by atoms with Crippen LogP contribution < -0.4 is 20.1 Å². The van der Waals surface area contributed by atoms with Crippen molar-refractivity contribution in [2.24, 2.45) is 0 Å². The molecule has 0 atom stereocenters. The second-order valence-electron chi connectivity index (χ2n) is 7.99. The van der Waals surface area contributed by atoms with Crippen molar-refractivity contribution in [1.82, 2.24) is 4.98 Å². The van der Waals surface area contributed by atoms with Crippen molar-refractivity contribution < 1.29 is 19.1 Å². The smallest absolute Gasteiger partial charge is 0.418 e. The lowest BCUT2D eigenvalue weighted by molar-refractivity contribution is -0.115. The first-order valence-electron chi connectivity index (χ1n) is 9.80. The summed E-state index contributed by atoms with van der Waals surface area (Å²) < 4.78 is 10.9. The first kappa shape index (κ1) is 21.2. The van der Waals surface area contributed by atoms with Gasteiger partial charge in [0.2, 0.25) is 11.8 Å². The predicted molar refractivity (Wildman–Crippen MR) is 119 cm³/mol. The maximum Gasteiger partial charge on any atom is 0.418 e. The van der Waals surface area contributed by atoms with Crippen molar-refractivity contribution in [3.63, 3.8) is 0 Å². The molecule has 7 nitrogen and oxygen atoms in total. The number of methoxy groups -OCH3 is 1. The SMILES string of the molecule is CCC(=O)Nc1cc(C(C)(C)C)cc(NC(=O)Oc2cc3ccccc3[nH]2)c1OC. The van der Waals surface area contributed by atoms with Gasteiger partial charge < -0.3 is 19.8 Å². The van der Waals surface area contributed by atoms with Crippen LogP contribution in [0.3, 0.4) is 0 Å². The maximum atomic E-state index is 12.6. The fraction of sp³-hybridized carbons (Fsp3) is 0.304. The van der Waals surface area contributed by atoms with Gasteiger partial charge in [0.25, 0.3) is 0 Å². The third-order valence-corrected chi connectivity index (χ3v) is 4.70. The summed E-state index contributed by atoms with van der Waals surface area (Å²) in [5.74, 6) is 0.545. The zero-order chi connectivity index (χ0) is 21.9. The van der Waals surface area contributed by atoms with Crippen LogP contribution in [0.15, 0.2) is 42.5 Å². The molecular weight excluding hydrogens is 382 g/mol. The second kappa shape index (κ2) is 8.49. The van der Waals surface area contributed by atoms with Gasteiger partial charge in [-0.1, -0.05) is 45.9 Å². The van der Waals surface area contributed by atoms with E-state index in [1.165, 1.54) is 7.11 Å². The standard InChI is InChI=1S/C23H27N3O4/c1-6-19(27)24-17-12-15(23(2,3)4)13-18(21(17)29-5)26-22(28)30-20-11-14-9-7-8-10-16(14)25-20/h7-13,25H,6H2,1-5H3,(H,24,27)(H,26,28). The van der Waals surface area contributed by atoms with Gasteiger partial charge in [0.15, 0.2) is 5.75 Å². The molecule has 0 radical (unpaired) electrons. The molecule has 30 heavy (non-hydrogen) atoms. The highest BCUT2D eigenvalue weighted by Crippen LogP contribution is 2.39. The van der Waals surface area contributed by atoms with Crippen molar-refractivity contribution in [2.45, 2.75) is 39.5 Å². The Kier molecular flexibility index (Phi) is 6.01. The first-order valence-corrected chi connectivity index (χ1v) is 9.80. The van der Waals surface area contributed by atoms with Crippen molar-refractivity contribution >= 4 is 34.3 Å². The number of anilines is 2. The molecule has 3 rings (SSSR count). The third kappa shape index (κ3) is 4.74. The Hall–Kier alpha value is -3.48. The van der Waals surface area contributed by atoms with Crippen LogP contribution in [0.5, 0.6) is 11.6 Å². The molecule has 0 aliphatic carbocycles. The van der Waals surface area contributed by atoms with Gasteiger partial charge in [0.05, 0.1) is 18.5 Å². The molecule has 158 valence electrons. The number of amides is 2. The van der Waals surface area contributed by atoms with Gasteiger partial charge in [-0.3, -0.25) is 10.1 Å². The number of rotatable bonds is 5. The largest absolute Gasteiger partial charge is 0.492 e. The summed E-state index contributed by atoms with van der Waals surface area (Å²) in [6, 6.07) is 13.1. The lowest BCUT2D eigenvalue weighted by Crippen LogP contribution is -2.20. The molecular formula is C23H27N3O4. The lowest BCUT2D eigenvalue weighted by atomic mass is 9.86. The maximum absolute atomic E-state index is 12.6. The average molecular weight is 409 g/mol. The summed E-state index contributed by atoms with van der Waals surface area (Å²) in [6.07, 6.45) is -0.340. The normalized spacial score (nSPS) is 11.2. The van der Waals surface area contributed by atoms with Gasteiger partial charge in [0.1, 0.15) is 0 Å². The molecule has 1 heterocycles. The number of H-pyrrole nitrogens is 1. The van der Waals surface area contributed by atoms with E-state index in [1.54, 1.807) is 13.0 Å². The van der Waals surface area contributed by atoms with Gasteiger partial charge >= 0.3 is 6.09 Å². The Morgan fingerprint density at radius 2 is 1.70 bits per heavy atom. The summed E-state index contributed by atoms with van der Waals surface area (Å²) >= 11 is 0. The molecule has 1 aromatic heterocycles. The van der Waals surface area contributed by atoms with Gasteiger partial charge in [-0.15, -0.1) is 0 Å². The highest BCUT2D eigenvalue weighted by Gasteiger charge is 2.22. The molecule has 2 amide bonds. The molecule has 0 unspecified atom stereocenters. The summed E-state index contributed by atoms with van der Waals surface area (Å²) in [5, 5.41) is 6.53. The van der Waals surface area contributed by atoms with Crippen molar-refractivity contribution in [3.8, 4) is 11.6 Å². The molecule has 3 N–H and O–H groups in total. The zero-order valence-electron chi connectivity index (χ0n) is 17.9. The van der Waals surface area contributed by atoms with E-state index >= 15 is 0 Å². The number of benzene rings is 2. The van der Waals surface area contributed by atoms with E-state index in [0.717, 1.165) is 16.5 Å². The van der Waals surface area contributed by atoms with Gasteiger partial charge in [-0.25, -0.2) is 4.79 Å². The Bertz CT molecular complexity index is 1050. The Morgan fingerprint density at radius 1 is 1.03 bits per heavy atom. The van der Waals surface area contributed by atoms with Crippen LogP contribution in [0, 0.1) is 0 Å². The number of carbonyl (C=O) groups excluding carboxylic acids is 2. The molecule has 0 saturated heterocycles. The number of fused-ring (bicyclic) bond motifs is 1. The van der Waals surface area contributed by atoms with Crippen LogP contribution >= 0.6 is 0 Å². The number of ether oxygens (including phenoxy) is 2. The van der Waals surface area contributed by atoms with E-state index < -0.39 is 6.09 Å². The van der Waals surface area contributed by atoms with Crippen LogP contribution in [0.4, 0.5) is 16.2 Å². The number of hydrogen-bond donors (Lipinski definition) is 3. The summed E-state index contributed by atoms with van der Waals surface area (Å²) in [6.45, 7) is 7.92. The van der Waals surface area contributed by atoms with Crippen LogP contribution in [-0.2, 0) is 10.2 Å². The third-order valence-electron chi connectivity index (χ3n) is 4.70. The predicted octanol–water partition coefficient (Wildman–Crippen LogP) is 5.43. The number of aromatic nitrogens is 1. The summed E-state index contributed by atoms with van der Waals surface area (Å²) in [4.78, 5) is 27.6. The number of nitrogens with one attached hydrogen (secondary N) is 3. The van der Waals surface area contributed by atoms with E-state index in [2.05, 4.69) is 15.6 Å². The number of hydrogen-bond acceptors (Lipinski definition) is 4. The van der Waals surface area contributed by atoms with Crippen LogP contribution in [0.2, 0.25) is 0 Å². The highest BCUT2D eigenvalue weighted by molar-refractivity contribution is 5.96. The monoisotopic (exact) mass is 409 g/mol. The molecule has 2 aromatic carbocycles. The molecule has 3 aromatic rings. The average Bonchev–Trinajstić information content (AvgIpc) is 3.08. The number of carbonyl (C=O) groups is 2. The molecule has 0 aliphatic heterocycles. The fourth-order valence-electron chi connectivity index (χ4n) is 3.04. The van der Waals surface area contributed by atoms with E-state index in [-0.39, 0.29) is 11.3 Å². The summed E-state index contributed by atoms with van der Waals surface area (Å²) in [7, 11) is 1.49. The minimum atomic E-state index is -0.668. The van der Waals surface area contributed by atoms with Crippen LogP contribution in [-0.4, -0.2) is 24.1 Å². The van der Waals surface area contributed by atoms with E-state index in [0.29, 0.717) is 29.4 Å². The van der Waals surface area contributed by atoms with E-state index in [9.17, 15) is 9.59 Å². The lowest BCUT2D eigenvalue weighted by Gasteiger charge is -2.23. The molecule has 0 fully saturated rings. The molecule has 0 aliphatic rings. The second-order valence-corrected chi connectivity index (χ2v) is 7.99. The van der Waals surface area contributed by atoms with Crippen molar-refractivity contribution in [1.29, 1.82) is 0 Å². The summed E-state index contributed by atoms with van der Waals surface area (Å²) in [5.41, 5.74) is 2.50. The minimum Gasteiger partial charge on any atom is -0.492 e. The Balaban J connectivity index is 1.91. The van der Waals surface area contributed by atoms with Crippen molar-refractivity contribution in [3.05, 3.63) is 48.0 Å². The van der Waals surface area contributed by atoms with Gasteiger partial charge in [-0.2, -0.15) is 0 Å². The minimum absolute atomic E-state index is 0.147. The quantitative estimate of drug-likeness (QED) is 0.524. The van der Waals surface area contributed by atoms with E-state index in [4.69, 9.17) is 9.47 Å². The van der Waals surface area contributed by atoms with Crippen LogP contribution in [0.25, 0.3) is 10.9 Å².